The molecule has 2 unspecified atom stereocenters. The van der Waals surface area contributed by atoms with Gasteiger partial charge in [-0.15, -0.1) is 0 Å². The summed E-state index contributed by atoms with van der Waals surface area (Å²) in [6.45, 7) is 3.92. The topological polar surface area (TPSA) is 168 Å². The molecule has 1 saturated heterocycles. The molecular weight excluding hydrogens is 641 g/mol. The molecule has 2 aliphatic rings. The summed E-state index contributed by atoms with van der Waals surface area (Å²) in [4.78, 5) is 28.2. The van der Waals surface area contributed by atoms with Gasteiger partial charge in [-0.25, -0.2) is 8.42 Å². The van der Waals surface area contributed by atoms with E-state index in [4.69, 9.17) is 5.73 Å². The number of aromatic amines is 1. The Hall–Kier alpha value is -4.77. The molecule has 2 aromatic carbocycles. The van der Waals surface area contributed by atoms with Gasteiger partial charge in [-0.1, -0.05) is 11.8 Å². The molecular formula is C36H42N8O4S. The van der Waals surface area contributed by atoms with Crippen LogP contribution < -0.4 is 16.4 Å². The average Bonchev–Trinajstić information content (AvgIpc) is 3.88. The highest BCUT2D eigenvalue weighted by atomic mass is 32.2. The summed E-state index contributed by atoms with van der Waals surface area (Å²) >= 11 is 0. The molecule has 2 atom stereocenters. The average molecular weight is 683 g/mol. The van der Waals surface area contributed by atoms with Crippen molar-refractivity contribution >= 4 is 21.7 Å². The first kappa shape index (κ1) is 34.1. The van der Waals surface area contributed by atoms with Gasteiger partial charge in [-0.05, 0) is 91.6 Å². The predicted octanol–water partition coefficient (Wildman–Crippen LogP) is 2.28. The summed E-state index contributed by atoms with van der Waals surface area (Å²) in [6, 6.07) is 13.3. The number of amides is 2. The molecule has 12 nitrogen and oxygen atoms in total. The van der Waals surface area contributed by atoms with Gasteiger partial charge in [0.05, 0.1) is 22.5 Å². The van der Waals surface area contributed by atoms with Crippen molar-refractivity contribution in [3.8, 4) is 11.8 Å². The third kappa shape index (κ3) is 8.83. The zero-order valence-electron chi connectivity index (χ0n) is 27.6. The number of fused-ring (bicyclic) bond motifs is 1. The molecule has 3 heterocycles. The number of carbonyl (C=O) groups is 2. The molecule has 2 fully saturated rings. The number of aryl methyl sites for hydroxylation is 2. The lowest BCUT2D eigenvalue weighted by Crippen LogP contribution is -2.34. The molecule has 0 bridgehead atoms. The smallest absolute Gasteiger partial charge is 0.251 e. The Balaban J connectivity index is 1.11. The minimum absolute atomic E-state index is 0.0163. The van der Waals surface area contributed by atoms with Gasteiger partial charge in [0.1, 0.15) is 0 Å². The molecule has 256 valence electrons. The summed E-state index contributed by atoms with van der Waals surface area (Å²) in [5, 5.41) is 16.8. The summed E-state index contributed by atoms with van der Waals surface area (Å²) in [7, 11) is -2.12. The molecule has 2 aromatic heterocycles. The molecule has 0 spiro atoms. The van der Waals surface area contributed by atoms with E-state index in [2.05, 4.69) is 42.7 Å². The van der Waals surface area contributed by atoms with Crippen molar-refractivity contribution in [3.05, 3.63) is 101 Å². The summed E-state index contributed by atoms with van der Waals surface area (Å²) in [5.41, 5.74) is 9.18. The Kier molecular flexibility index (Phi) is 10.6. The van der Waals surface area contributed by atoms with E-state index in [0.717, 1.165) is 50.9 Å². The van der Waals surface area contributed by atoms with Crippen LogP contribution >= 0.6 is 0 Å². The number of rotatable bonds is 12. The maximum atomic E-state index is 13.5. The number of sulfone groups is 1. The number of H-pyrrole nitrogens is 1. The Bertz CT molecular complexity index is 1930. The van der Waals surface area contributed by atoms with Crippen molar-refractivity contribution in [1.29, 1.82) is 0 Å². The third-order valence-electron chi connectivity index (χ3n) is 9.23. The van der Waals surface area contributed by atoms with Gasteiger partial charge < -0.3 is 21.3 Å². The number of benzene rings is 2. The van der Waals surface area contributed by atoms with Crippen molar-refractivity contribution in [2.24, 2.45) is 24.6 Å². The lowest BCUT2D eigenvalue weighted by Gasteiger charge is -2.18. The number of aromatic nitrogens is 4. The first-order valence-corrected chi connectivity index (χ1v) is 18.3. The second kappa shape index (κ2) is 15.2. The van der Waals surface area contributed by atoms with Crippen LogP contribution in [0.25, 0.3) is 0 Å². The number of hydrogen-bond acceptors (Lipinski definition) is 8. The number of nitrogens with zero attached hydrogens (tertiary/aromatic N) is 4. The Morgan fingerprint density at radius 3 is 2.39 bits per heavy atom. The van der Waals surface area contributed by atoms with Crippen LogP contribution in [0.4, 0.5) is 0 Å². The molecule has 1 saturated carbocycles. The van der Waals surface area contributed by atoms with E-state index in [-0.39, 0.29) is 28.0 Å². The van der Waals surface area contributed by atoms with Gasteiger partial charge in [0.15, 0.2) is 9.84 Å². The van der Waals surface area contributed by atoms with E-state index in [0.29, 0.717) is 53.4 Å². The predicted molar refractivity (Wildman–Crippen MR) is 185 cm³/mol. The number of nitrogens with two attached hydrogens (primary N) is 1. The maximum Gasteiger partial charge on any atom is 0.251 e. The van der Waals surface area contributed by atoms with Crippen molar-refractivity contribution < 1.29 is 18.0 Å². The monoisotopic (exact) mass is 682 g/mol. The molecule has 4 aromatic rings. The van der Waals surface area contributed by atoms with Gasteiger partial charge in [-0.2, -0.15) is 10.2 Å². The maximum absolute atomic E-state index is 13.5. The molecule has 1 aliphatic carbocycles. The Morgan fingerprint density at radius 2 is 1.69 bits per heavy atom. The number of nitrogens with one attached hydrogen (secondary N) is 3. The van der Waals surface area contributed by atoms with Crippen molar-refractivity contribution in [2.75, 3.05) is 32.7 Å². The fourth-order valence-electron chi connectivity index (χ4n) is 6.76. The number of carbonyl (C=O) groups excluding carboxylic acids is 2. The summed E-state index contributed by atoms with van der Waals surface area (Å²) in [6.07, 6.45) is 8.92. The minimum Gasteiger partial charge on any atom is -0.352 e. The second-order valence-corrected chi connectivity index (χ2v) is 15.0. The molecule has 2 amide bonds. The molecule has 13 heteroatoms. The van der Waals surface area contributed by atoms with Crippen LogP contribution in [0.1, 0.15) is 62.4 Å². The highest BCUT2D eigenvalue weighted by Crippen LogP contribution is 2.36. The van der Waals surface area contributed by atoms with Crippen LogP contribution in [0.3, 0.4) is 0 Å². The zero-order chi connectivity index (χ0) is 34.4. The van der Waals surface area contributed by atoms with Gasteiger partial charge in [-0.3, -0.25) is 19.4 Å². The minimum atomic E-state index is -3.84. The fraction of sp³-hybridized carbons (Fsp3) is 0.389. The normalized spacial score (nSPS) is 18.9. The van der Waals surface area contributed by atoms with Gasteiger partial charge in [0.25, 0.3) is 11.8 Å². The fourth-order valence-corrected chi connectivity index (χ4v) is 8.18. The molecule has 5 N–H and O–H groups in total. The van der Waals surface area contributed by atoms with Crippen molar-refractivity contribution in [1.82, 2.24) is 35.5 Å². The first-order valence-electron chi connectivity index (χ1n) is 16.6. The van der Waals surface area contributed by atoms with E-state index < -0.39 is 9.84 Å². The lowest BCUT2D eigenvalue weighted by atomic mass is 10.0. The molecule has 6 rings (SSSR count). The van der Waals surface area contributed by atoms with Gasteiger partial charge in [0.2, 0.25) is 0 Å². The van der Waals surface area contributed by atoms with E-state index in [1.807, 2.05) is 6.20 Å². The highest BCUT2D eigenvalue weighted by molar-refractivity contribution is 7.90. The van der Waals surface area contributed by atoms with Gasteiger partial charge in [0, 0.05) is 80.5 Å². The van der Waals surface area contributed by atoms with Crippen LogP contribution in [0.5, 0.6) is 0 Å². The SMILES string of the molecule is Cn1ccc(CS(=O)(=O)c2ccc(C(=O)NCCCc3cn[nH]c3)cc2C#Cc2ccc(C(=O)NCCN3CC4CC(N)CC4C3)cc2)n1. The second-order valence-electron chi connectivity index (χ2n) is 13.0. The lowest BCUT2D eigenvalue weighted by molar-refractivity contribution is 0.0943. The molecule has 0 radical (unpaired) electrons. The standard InChI is InChI=1S/C36H42N8O4S/c1-43-15-12-33(42-43)24-49(47,48)34-11-10-29(36(46)38-13-2-3-26-20-40-41-21-26)17-28(34)9-6-25-4-7-27(8-5-25)35(45)39-14-16-44-22-30-18-32(37)19-31(30)23-44/h4-5,7-8,10-12,15,17,20-21,30-32H,2-3,13-14,16,18-19,22-24,37H2,1H3,(H,38,46)(H,39,45)(H,40,41). The largest absolute Gasteiger partial charge is 0.352 e. The zero-order valence-corrected chi connectivity index (χ0v) is 28.4. The van der Waals surface area contributed by atoms with Crippen LogP contribution in [-0.2, 0) is 29.1 Å². The van der Waals surface area contributed by atoms with E-state index in [1.165, 1.54) is 18.2 Å². The van der Waals surface area contributed by atoms with E-state index in [9.17, 15) is 18.0 Å². The van der Waals surface area contributed by atoms with Gasteiger partial charge >= 0.3 is 0 Å². The number of likely N-dealkylation sites (tertiary alicyclic amines) is 1. The highest BCUT2D eigenvalue weighted by Gasteiger charge is 2.39. The third-order valence-corrected chi connectivity index (χ3v) is 10.9. The van der Waals surface area contributed by atoms with Crippen molar-refractivity contribution in [3.63, 3.8) is 0 Å². The first-order chi connectivity index (χ1) is 23.6. The Labute approximate surface area is 286 Å². The molecule has 49 heavy (non-hydrogen) atoms. The summed E-state index contributed by atoms with van der Waals surface area (Å²) in [5.74, 6) is 6.58. The van der Waals surface area contributed by atoms with Crippen LogP contribution in [0.2, 0.25) is 0 Å². The van der Waals surface area contributed by atoms with E-state index >= 15 is 0 Å². The Morgan fingerprint density at radius 1 is 0.980 bits per heavy atom. The van der Waals surface area contributed by atoms with Crippen LogP contribution in [0, 0.1) is 23.7 Å². The summed E-state index contributed by atoms with van der Waals surface area (Å²) < 4.78 is 28.6. The van der Waals surface area contributed by atoms with Crippen molar-refractivity contribution in [2.45, 2.75) is 42.4 Å². The van der Waals surface area contributed by atoms with Crippen LogP contribution in [0.15, 0.2) is 72.0 Å². The quantitative estimate of drug-likeness (QED) is 0.130. The van der Waals surface area contributed by atoms with Crippen LogP contribution in [-0.4, -0.2) is 83.9 Å². The molecule has 1 aliphatic heterocycles. The number of hydrogen-bond donors (Lipinski definition) is 4. The van der Waals surface area contributed by atoms with E-state index in [1.54, 1.807) is 54.5 Å².